The summed E-state index contributed by atoms with van der Waals surface area (Å²) < 4.78 is 23.8. The summed E-state index contributed by atoms with van der Waals surface area (Å²) in [5, 5.41) is 0.000000000000000222. The molecule has 0 aliphatic heterocycles. The Bertz CT molecular complexity index is 219. The Morgan fingerprint density at radius 2 is 2.00 bits per heavy atom. The van der Waals surface area contributed by atoms with Crippen molar-refractivity contribution in [3.05, 3.63) is 18.7 Å². The highest BCUT2D eigenvalue weighted by Gasteiger charge is 2.00. The molecule has 1 rings (SSSR count). The Morgan fingerprint density at radius 3 is 2.17 bits per heavy atom. The monoisotopic (exact) mass is 194 g/mol. The molecule has 0 unspecified atom stereocenters. The van der Waals surface area contributed by atoms with Crippen LogP contribution in [-0.4, -0.2) is 14.7 Å². The zero-order valence-corrected chi connectivity index (χ0v) is 6.84. The molecule has 0 aliphatic rings. The van der Waals surface area contributed by atoms with Gasteiger partial charge in [0.15, 0.2) is 5.11 Å². The minimum atomic E-state index is -2.46. The van der Waals surface area contributed by atoms with Gasteiger partial charge >= 0.3 is 6.55 Å². The Kier molecular flexibility index (Phi) is 4.86. The summed E-state index contributed by atoms with van der Waals surface area (Å²) >= 11 is 4.09. The first-order valence-electron chi connectivity index (χ1n) is 2.84. The molecule has 0 aromatic carbocycles. The molecule has 1 aromatic rings. The van der Waals surface area contributed by atoms with Crippen molar-refractivity contribution >= 4 is 17.3 Å². The van der Waals surface area contributed by atoms with E-state index in [0.717, 1.165) is 10.9 Å². The van der Waals surface area contributed by atoms with E-state index in [4.69, 9.17) is 0 Å². The van der Waals surface area contributed by atoms with E-state index in [0.29, 0.717) is 0 Å². The molecule has 4 N–H and O–H groups in total. The largest absolute Gasteiger partial charge is 0.377 e. The number of hydrogen-bond acceptors (Lipinski definition) is 2. The average molecular weight is 194 g/mol. The number of aromatic nitrogens is 2. The number of thiocarbonyl (C=S) groups is 1. The van der Waals surface area contributed by atoms with Crippen LogP contribution in [0.4, 0.5) is 8.78 Å². The second kappa shape index (κ2) is 5.42. The van der Waals surface area contributed by atoms with E-state index in [2.05, 4.69) is 28.7 Å². The standard InChI is InChI=1S/C4H4F2N2.CH4N2S/c5-4(6)8-2-1-7-3-8;2-1(3)4/h1-4H;(H4,2,3,4). The molecular formula is C5H8F2N4S. The van der Waals surface area contributed by atoms with E-state index in [1.165, 1.54) is 12.4 Å². The zero-order valence-electron chi connectivity index (χ0n) is 6.02. The highest BCUT2D eigenvalue weighted by atomic mass is 32.1. The van der Waals surface area contributed by atoms with E-state index in [1.807, 2.05) is 0 Å². The third-order valence-corrected chi connectivity index (χ3v) is 0.750. The number of nitrogens with zero attached hydrogens (tertiary/aromatic N) is 2. The van der Waals surface area contributed by atoms with Gasteiger partial charge in [0, 0.05) is 12.4 Å². The number of alkyl halides is 2. The van der Waals surface area contributed by atoms with Crippen molar-refractivity contribution < 1.29 is 8.78 Å². The predicted octanol–water partition coefficient (Wildman–Crippen LogP) is 0.467. The summed E-state index contributed by atoms with van der Waals surface area (Å²) in [6, 6.07) is 0. The molecule has 1 aromatic heterocycles. The third-order valence-electron chi connectivity index (χ3n) is 0.750. The normalized spacial score (nSPS) is 8.92. The van der Waals surface area contributed by atoms with Crippen LogP contribution >= 0.6 is 12.2 Å². The van der Waals surface area contributed by atoms with Gasteiger partial charge in [-0.05, 0) is 12.2 Å². The topological polar surface area (TPSA) is 69.9 Å². The summed E-state index contributed by atoms with van der Waals surface area (Å²) in [6.07, 6.45) is 3.60. The Hall–Kier alpha value is -1.24. The highest BCUT2D eigenvalue weighted by Crippen LogP contribution is 2.06. The third kappa shape index (κ3) is 5.54. The Morgan fingerprint density at radius 1 is 1.50 bits per heavy atom. The summed E-state index contributed by atoms with van der Waals surface area (Å²) in [5.74, 6) is 0. The Balaban J connectivity index is 0.000000261. The SMILES string of the molecule is FC(F)n1ccnc1.NC(N)=S. The summed E-state index contributed by atoms with van der Waals surface area (Å²) in [7, 11) is 0. The molecule has 4 nitrogen and oxygen atoms in total. The van der Waals surface area contributed by atoms with Crippen LogP contribution in [0.3, 0.4) is 0 Å². The van der Waals surface area contributed by atoms with Gasteiger partial charge < -0.3 is 11.5 Å². The first-order valence-corrected chi connectivity index (χ1v) is 3.25. The van der Waals surface area contributed by atoms with Gasteiger partial charge in [0.25, 0.3) is 0 Å². The highest BCUT2D eigenvalue weighted by molar-refractivity contribution is 7.80. The van der Waals surface area contributed by atoms with E-state index >= 15 is 0 Å². The summed E-state index contributed by atoms with van der Waals surface area (Å²) in [4.78, 5) is 3.43. The lowest BCUT2D eigenvalue weighted by Gasteiger charge is -1.94. The molecule has 0 amide bonds. The van der Waals surface area contributed by atoms with Crippen LogP contribution in [0.25, 0.3) is 0 Å². The van der Waals surface area contributed by atoms with Crippen molar-refractivity contribution in [3.63, 3.8) is 0 Å². The maximum atomic E-state index is 11.5. The quantitative estimate of drug-likeness (QED) is 0.637. The fraction of sp³-hybridized carbons (Fsp3) is 0.200. The van der Waals surface area contributed by atoms with Gasteiger partial charge in [-0.2, -0.15) is 8.78 Å². The van der Waals surface area contributed by atoms with Crippen molar-refractivity contribution in [2.75, 3.05) is 0 Å². The summed E-state index contributed by atoms with van der Waals surface area (Å²) in [5.41, 5.74) is 9.24. The molecule has 7 heteroatoms. The molecule has 0 radical (unpaired) electrons. The van der Waals surface area contributed by atoms with Crippen LogP contribution in [-0.2, 0) is 0 Å². The van der Waals surface area contributed by atoms with Gasteiger partial charge in [-0.25, -0.2) is 4.98 Å². The van der Waals surface area contributed by atoms with E-state index in [-0.39, 0.29) is 5.11 Å². The fourth-order valence-corrected chi connectivity index (χ4v) is 0.385. The lowest BCUT2D eigenvalue weighted by Crippen LogP contribution is -2.18. The second-order valence-electron chi connectivity index (χ2n) is 1.69. The van der Waals surface area contributed by atoms with Crippen molar-refractivity contribution in [1.29, 1.82) is 0 Å². The first kappa shape index (κ1) is 10.8. The van der Waals surface area contributed by atoms with Crippen LogP contribution in [0.5, 0.6) is 0 Å². The van der Waals surface area contributed by atoms with Gasteiger partial charge in [-0.15, -0.1) is 0 Å². The smallest absolute Gasteiger partial charge is 0.319 e. The van der Waals surface area contributed by atoms with Gasteiger partial charge in [0.1, 0.15) is 0 Å². The van der Waals surface area contributed by atoms with Gasteiger partial charge in [-0.3, -0.25) is 4.57 Å². The first-order chi connectivity index (χ1) is 5.54. The lowest BCUT2D eigenvalue weighted by atomic mass is 10.9. The van der Waals surface area contributed by atoms with E-state index in [1.54, 1.807) is 0 Å². The molecule has 0 saturated heterocycles. The van der Waals surface area contributed by atoms with Crippen molar-refractivity contribution in [2.45, 2.75) is 6.55 Å². The maximum Gasteiger partial charge on any atom is 0.319 e. The average Bonchev–Trinajstić information content (AvgIpc) is 2.34. The fourth-order valence-electron chi connectivity index (χ4n) is 0.385. The molecule has 0 bridgehead atoms. The molecule has 0 spiro atoms. The minimum Gasteiger partial charge on any atom is -0.377 e. The van der Waals surface area contributed by atoms with Crippen LogP contribution in [0.2, 0.25) is 0 Å². The number of nitrogens with two attached hydrogens (primary N) is 2. The van der Waals surface area contributed by atoms with Gasteiger partial charge in [-0.1, -0.05) is 0 Å². The van der Waals surface area contributed by atoms with Crippen LogP contribution < -0.4 is 11.5 Å². The van der Waals surface area contributed by atoms with Crippen LogP contribution in [0, 0.1) is 0 Å². The number of halogens is 2. The molecule has 12 heavy (non-hydrogen) atoms. The number of imidazole rings is 1. The molecule has 0 fully saturated rings. The van der Waals surface area contributed by atoms with Crippen molar-refractivity contribution in [2.24, 2.45) is 11.5 Å². The molecule has 0 aliphatic carbocycles. The van der Waals surface area contributed by atoms with Crippen molar-refractivity contribution in [3.8, 4) is 0 Å². The molecule has 0 atom stereocenters. The maximum absolute atomic E-state index is 11.5. The van der Waals surface area contributed by atoms with E-state index < -0.39 is 6.55 Å². The second-order valence-corrected chi connectivity index (χ2v) is 2.16. The predicted molar refractivity (Wildman–Crippen MR) is 44.5 cm³/mol. The molecule has 68 valence electrons. The number of hydrogen-bond donors (Lipinski definition) is 2. The molecule has 1 heterocycles. The van der Waals surface area contributed by atoms with Gasteiger partial charge in [0.05, 0.1) is 6.33 Å². The van der Waals surface area contributed by atoms with Crippen LogP contribution in [0.1, 0.15) is 6.55 Å². The minimum absolute atomic E-state index is 0.000000000000000222. The lowest BCUT2D eigenvalue weighted by molar-refractivity contribution is 0.0701. The van der Waals surface area contributed by atoms with Crippen LogP contribution in [0.15, 0.2) is 18.7 Å². The van der Waals surface area contributed by atoms with Crippen molar-refractivity contribution in [1.82, 2.24) is 9.55 Å². The Labute approximate surface area is 73.2 Å². The molecular weight excluding hydrogens is 186 g/mol. The summed E-state index contributed by atoms with van der Waals surface area (Å²) in [6.45, 7) is -2.46. The number of rotatable bonds is 1. The van der Waals surface area contributed by atoms with E-state index in [9.17, 15) is 8.78 Å². The molecule has 0 saturated carbocycles. The van der Waals surface area contributed by atoms with Gasteiger partial charge in [0.2, 0.25) is 0 Å². The zero-order chi connectivity index (χ0) is 9.56.